The lowest BCUT2D eigenvalue weighted by atomic mass is 10.4. The Morgan fingerprint density at radius 1 is 1.08 bits per heavy atom. The number of rotatable bonds is 1. The first-order valence-corrected chi connectivity index (χ1v) is 6.84. The topological polar surface area (TPSA) is 0 Å². The van der Waals surface area contributed by atoms with Crippen LogP contribution in [0.25, 0.3) is 0 Å². The average Bonchev–Trinajstić information content (AvgIpc) is 1.82. The third-order valence-electron chi connectivity index (χ3n) is 1.53. The standard InChI is InChI=1S/C8H10ClF3S/c1-13(2,10,11,12)8-6-4-3-5-7(8)9/h3-6H,1-2H3. The largest absolute Gasteiger partial charge is 0.149 e. The molecular formula is C8H10ClF3S. The van der Waals surface area contributed by atoms with Gasteiger partial charge in [-0.2, -0.15) is 0 Å². The molecule has 76 valence electrons. The van der Waals surface area contributed by atoms with Gasteiger partial charge in [-0.3, -0.25) is 0 Å². The van der Waals surface area contributed by atoms with Crippen LogP contribution in [0.15, 0.2) is 29.2 Å². The molecule has 0 aliphatic rings. The number of hydrogen-bond acceptors (Lipinski definition) is 0. The summed E-state index contributed by atoms with van der Waals surface area (Å²) in [5.74, 6) is 0. The fourth-order valence-corrected chi connectivity index (χ4v) is 3.01. The molecule has 0 aliphatic carbocycles. The van der Waals surface area contributed by atoms with Crippen LogP contribution in [0.5, 0.6) is 0 Å². The Morgan fingerprint density at radius 2 is 1.54 bits per heavy atom. The van der Waals surface area contributed by atoms with Gasteiger partial charge in [-0.1, -0.05) is 23.7 Å². The summed E-state index contributed by atoms with van der Waals surface area (Å²) in [7, 11) is -6.61. The number of benzene rings is 1. The monoisotopic (exact) mass is 230 g/mol. The van der Waals surface area contributed by atoms with E-state index < -0.39 is 14.3 Å². The van der Waals surface area contributed by atoms with Gasteiger partial charge in [0.25, 0.3) is 0 Å². The van der Waals surface area contributed by atoms with E-state index in [0.29, 0.717) is 12.5 Å². The van der Waals surface area contributed by atoms with Gasteiger partial charge in [0.1, 0.15) is 0 Å². The minimum atomic E-state index is -6.61. The predicted molar refractivity (Wildman–Crippen MR) is 52.5 cm³/mol. The highest BCUT2D eigenvalue weighted by Crippen LogP contribution is 2.94. The minimum Gasteiger partial charge on any atom is -0.149 e. The van der Waals surface area contributed by atoms with Crippen molar-refractivity contribution in [1.29, 1.82) is 0 Å². The molecule has 0 aromatic heterocycles. The van der Waals surface area contributed by atoms with Crippen molar-refractivity contribution in [1.82, 2.24) is 0 Å². The first-order valence-electron chi connectivity index (χ1n) is 3.50. The normalized spacial score (nSPS) is 17.7. The molecule has 0 bridgehead atoms. The van der Waals surface area contributed by atoms with Crippen molar-refractivity contribution in [2.75, 3.05) is 12.5 Å². The molecule has 13 heavy (non-hydrogen) atoms. The van der Waals surface area contributed by atoms with Gasteiger partial charge in [0, 0.05) is 12.5 Å². The first kappa shape index (κ1) is 10.7. The van der Waals surface area contributed by atoms with Gasteiger partial charge in [0.2, 0.25) is 0 Å². The zero-order chi connectivity index (χ0) is 10.4. The highest BCUT2D eigenvalue weighted by molar-refractivity contribution is 8.52. The van der Waals surface area contributed by atoms with E-state index in [1.807, 2.05) is 0 Å². The van der Waals surface area contributed by atoms with Crippen LogP contribution in [-0.2, 0) is 0 Å². The van der Waals surface area contributed by atoms with E-state index in [1.54, 1.807) is 0 Å². The second-order valence-electron chi connectivity index (χ2n) is 3.58. The van der Waals surface area contributed by atoms with Gasteiger partial charge in [0.05, 0.1) is 19.4 Å². The van der Waals surface area contributed by atoms with Crippen LogP contribution >= 0.6 is 21.1 Å². The van der Waals surface area contributed by atoms with E-state index in [4.69, 9.17) is 11.6 Å². The van der Waals surface area contributed by atoms with Crippen molar-refractivity contribution >= 4 is 21.1 Å². The second-order valence-corrected chi connectivity index (χ2v) is 8.72. The third-order valence-corrected chi connectivity index (χ3v) is 3.70. The summed E-state index contributed by atoms with van der Waals surface area (Å²) in [6, 6.07) is 5.09. The van der Waals surface area contributed by atoms with Crippen molar-refractivity contribution in [3.63, 3.8) is 0 Å². The lowest BCUT2D eigenvalue weighted by Crippen LogP contribution is -2.16. The molecule has 0 N–H and O–H groups in total. The van der Waals surface area contributed by atoms with Crippen LogP contribution < -0.4 is 0 Å². The smallest absolute Gasteiger partial charge is 0.0714 e. The molecule has 0 heterocycles. The third kappa shape index (κ3) is 2.54. The fourth-order valence-electron chi connectivity index (χ4n) is 0.964. The van der Waals surface area contributed by atoms with E-state index in [-0.39, 0.29) is 5.02 Å². The van der Waals surface area contributed by atoms with Gasteiger partial charge in [-0.25, -0.2) is 0 Å². The van der Waals surface area contributed by atoms with Gasteiger partial charge >= 0.3 is 0 Å². The highest BCUT2D eigenvalue weighted by Gasteiger charge is 2.54. The first-order chi connectivity index (χ1) is 5.50. The molecule has 5 heteroatoms. The fraction of sp³-hybridized carbons (Fsp3) is 0.250. The summed E-state index contributed by atoms with van der Waals surface area (Å²) in [6.45, 7) is 0. The summed E-state index contributed by atoms with van der Waals surface area (Å²) in [5.41, 5.74) is 0. The highest BCUT2D eigenvalue weighted by atomic mass is 35.5. The molecule has 1 aromatic rings. The average molecular weight is 231 g/mol. The molecule has 0 nitrogen and oxygen atoms in total. The summed E-state index contributed by atoms with van der Waals surface area (Å²) >= 11 is 5.50. The van der Waals surface area contributed by atoms with E-state index in [1.165, 1.54) is 18.2 Å². The quantitative estimate of drug-likeness (QED) is 0.667. The molecule has 0 aliphatic heterocycles. The maximum Gasteiger partial charge on any atom is 0.0714 e. The van der Waals surface area contributed by atoms with Crippen LogP contribution in [0, 0.1) is 0 Å². The Labute approximate surface area is 79.8 Å². The number of halogens is 4. The Kier molecular flexibility index (Phi) is 1.79. The maximum absolute atomic E-state index is 13.5. The van der Waals surface area contributed by atoms with Crippen molar-refractivity contribution in [3.05, 3.63) is 29.3 Å². The maximum atomic E-state index is 13.5. The van der Waals surface area contributed by atoms with Crippen LogP contribution in [-0.4, -0.2) is 12.5 Å². The predicted octanol–water partition coefficient (Wildman–Crippen LogP) is 4.49. The molecule has 0 saturated carbocycles. The van der Waals surface area contributed by atoms with Crippen molar-refractivity contribution in [2.24, 2.45) is 0 Å². The Morgan fingerprint density at radius 3 is 1.85 bits per heavy atom. The molecule has 1 aromatic carbocycles. The van der Waals surface area contributed by atoms with Gasteiger partial charge < -0.3 is 0 Å². The molecule has 0 atom stereocenters. The molecule has 0 spiro atoms. The molecule has 1 rings (SSSR count). The second kappa shape index (κ2) is 2.17. The van der Waals surface area contributed by atoms with E-state index >= 15 is 0 Å². The molecule has 0 unspecified atom stereocenters. The van der Waals surface area contributed by atoms with Crippen LogP contribution in [0.3, 0.4) is 0 Å². The molecule has 0 amide bonds. The minimum absolute atomic E-state index is 0.235. The molecule has 0 fully saturated rings. The van der Waals surface area contributed by atoms with Crippen molar-refractivity contribution < 1.29 is 11.7 Å². The van der Waals surface area contributed by atoms with Gasteiger partial charge in [-0.05, 0) is 12.1 Å². The lowest BCUT2D eigenvalue weighted by Gasteiger charge is -2.51. The molecule has 0 radical (unpaired) electrons. The number of hydrogen-bond donors (Lipinski definition) is 0. The van der Waals surface area contributed by atoms with Crippen molar-refractivity contribution in [3.8, 4) is 0 Å². The van der Waals surface area contributed by atoms with E-state index in [0.717, 1.165) is 6.07 Å². The lowest BCUT2D eigenvalue weighted by molar-refractivity contribution is 0.564. The van der Waals surface area contributed by atoms with Crippen LogP contribution in [0.4, 0.5) is 11.7 Å². The molecule has 0 saturated heterocycles. The zero-order valence-electron chi connectivity index (χ0n) is 7.23. The Balaban J connectivity index is 3.50. The van der Waals surface area contributed by atoms with Gasteiger partial charge in [0.15, 0.2) is 0 Å². The van der Waals surface area contributed by atoms with E-state index in [9.17, 15) is 11.7 Å². The Bertz CT molecular complexity index is 341. The van der Waals surface area contributed by atoms with Crippen LogP contribution in [0.1, 0.15) is 0 Å². The van der Waals surface area contributed by atoms with Crippen LogP contribution in [0.2, 0.25) is 5.02 Å². The summed E-state index contributed by atoms with van der Waals surface area (Å²) in [6.07, 6.45) is 0.641. The van der Waals surface area contributed by atoms with Crippen molar-refractivity contribution in [2.45, 2.75) is 4.90 Å². The molecular weight excluding hydrogens is 221 g/mol. The SMILES string of the molecule is CS(C)(F)(F)(F)c1ccccc1Cl. The summed E-state index contributed by atoms with van der Waals surface area (Å²) in [4.78, 5) is -0.704. The van der Waals surface area contributed by atoms with E-state index in [2.05, 4.69) is 0 Å². The Hall–Kier alpha value is -0.350. The summed E-state index contributed by atoms with van der Waals surface area (Å²) < 4.78 is 40.4. The summed E-state index contributed by atoms with van der Waals surface area (Å²) in [5, 5.41) is -0.235. The van der Waals surface area contributed by atoms with Gasteiger partial charge in [-0.15, -0.1) is 11.7 Å². The zero-order valence-corrected chi connectivity index (χ0v) is 8.80.